The van der Waals surface area contributed by atoms with Gasteiger partial charge in [-0.2, -0.15) is 0 Å². The van der Waals surface area contributed by atoms with E-state index in [-0.39, 0.29) is 12.5 Å². The van der Waals surface area contributed by atoms with Gasteiger partial charge in [0.05, 0.1) is 25.4 Å². The molecule has 0 spiro atoms. The van der Waals surface area contributed by atoms with E-state index in [0.29, 0.717) is 12.8 Å². The normalized spacial score (nSPS) is 19.2. The highest BCUT2D eigenvalue weighted by Crippen LogP contribution is 2.23. The second-order valence-corrected chi connectivity index (χ2v) is 22.5. The highest BCUT2D eigenvalue weighted by atomic mass is 16.7. The Morgan fingerprint density at radius 2 is 0.805 bits per heavy atom. The van der Waals surface area contributed by atoms with Crippen LogP contribution < -0.4 is 5.32 Å². The number of unbranched alkanes of at least 4 members (excludes halogenated alkanes) is 34. The van der Waals surface area contributed by atoms with E-state index < -0.39 is 49.5 Å². The van der Waals surface area contributed by atoms with Crippen molar-refractivity contribution in [1.82, 2.24) is 5.32 Å². The number of rotatable bonds is 56. The lowest BCUT2D eigenvalue weighted by atomic mass is 9.99. The van der Waals surface area contributed by atoms with E-state index in [1.807, 2.05) is 0 Å². The maximum Gasteiger partial charge on any atom is 0.220 e. The summed E-state index contributed by atoms with van der Waals surface area (Å²) in [7, 11) is 0. The van der Waals surface area contributed by atoms with E-state index in [4.69, 9.17) is 9.47 Å². The molecule has 1 rings (SSSR count). The van der Waals surface area contributed by atoms with E-state index in [0.717, 1.165) is 89.9 Å². The fraction of sp³-hybridized carbons (Fsp3) is 0.809. The number of hydrogen-bond donors (Lipinski definition) is 6. The smallest absolute Gasteiger partial charge is 0.220 e. The zero-order valence-corrected chi connectivity index (χ0v) is 50.0. The van der Waals surface area contributed by atoms with Crippen LogP contribution in [0, 0.1) is 0 Å². The largest absolute Gasteiger partial charge is 0.394 e. The molecule has 1 heterocycles. The summed E-state index contributed by atoms with van der Waals surface area (Å²) in [5.41, 5.74) is 0. The molecule has 0 aromatic carbocycles. The molecule has 77 heavy (non-hydrogen) atoms. The third-order valence-corrected chi connectivity index (χ3v) is 15.3. The average Bonchev–Trinajstić information content (AvgIpc) is 3.43. The number of carbonyl (C=O) groups is 1. The molecule has 0 saturated carbocycles. The number of aliphatic hydroxyl groups is 5. The summed E-state index contributed by atoms with van der Waals surface area (Å²) in [6, 6.07) is -0.739. The first-order chi connectivity index (χ1) is 37.8. The fourth-order valence-electron chi connectivity index (χ4n) is 10.2. The average molecular weight is 1080 g/mol. The van der Waals surface area contributed by atoms with Gasteiger partial charge in [-0.05, 0) is 64.2 Å². The van der Waals surface area contributed by atoms with Crippen molar-refractivity contribution in [2.24, 2.45) is 0 Å². The number of nitrogens with one attached hydrogen (secondary N) is 1. The van der Waals surface area contributed by atoms with Crippen molar-refractivity contribution >= 4 is 5.91 Å². The van der Waals surface area contributed by atoms with Crippen molar-refractivity contribution in [3.05, 3.63) is 72.9 Å². The summed E-state index contributed by atoms with van der Waals surface area (Å²) in [6.45, 7) is 3.74. The van der Waals surface area contributed by atoms with Gasteiger partial charge < -0.3 is 40.3 Å². The number of amides is 1. The summed E-state index contributed by atoms with van der Waals surface area (Å²) in [4.78, 5) is 13.1. The third kappa shape index (κ3) is 46.0. The van der Waals surface area contributed by atoms with Gasteiger partial charge in [-0.25, -0.2) is 0 Å². The van der Waals surface area contributed by atoms with Gasteiger partial charge in [-0.1, -0.05) is 299 Å². The highest BCUT2D eigenvalue weighted by Gasteiger charge is 2.44. The van der Waals surface area contributed by atoms with E-state index in [2.05, 4.69) is 92.1 Å². The maximum atomic E-state index is 13.1. The first-order valence-corrected chi connectivity index (χ1v) is 32.6. The Balaban J connectivity index is 2.16. The standard InChI is InChI=1S/C68H123NO8/c1-3-5-7-9-11-13-15-17-19-21-23-25-27-28-29-30-31-32-33-34-36-37-39-41-43-45-47-49-51-53-55-57-62(71)61(60-76-68-67(75)66(74)65(73)63(59-70)77-68)69-64(72)58-56-54-52-50-48-46-44-42-40-38-35-26-24-22-20-18-16-14-12-10-8-6-4-2/h6,8,12,14,18,20,24,26,38,40,44,46,61-63,65-68,70-71,73-75H,3-5,7,9-11,13,15-17,19,21-23,25,27-37,39,41-43,45,47-60H2,1-2H3,(H,69,72)/b8-6-,14-12-,20-18-,26-24-,40-38-,46-44-. The van der Waals surface area contributed by atoms with Crippen LogP contribution in [0.3, 0.4) is 0 Å². The Hall–Kier alpha value is -2.37. The van der Waals surface area contributed by atoms with Crippen molar-refractivity contribution in [1.29, 1.82) is 0 Å². The van der Waals surface area contributed by atoms with Crippen LogP contribution in [0.15, 0.2) is 72.9 Å². The zero-order chi connectivity index (χ0) is 55.8. The zero-order valence-electron chi connectivity index (χ0n) is 50.0. The number of carbonyl (C=O) groups excluding carboxylic acids is 1. The molecule has 0 radical (unpaired) electrons. The number of allylic oxidation sites excluding steroid dienone is 12. The lowest BCUT2D eigenvalue weighted by Crippen LogP contribution is -2.60. The first-order valence-electron chi connectivity index (χ1n) is 32.6. The van der Waals surface area contributed by atoms with E-state index >= 15 is 0 Å². The Bertz CT molecular complexity index is 1440. The van der Waals surface area contributed by atoms with E-state index in [9.17, 15) is 30.3 Å². The molecule has 1 saturated heterocycles. The predicted octanol–water partition coefficient (Wildman–Crippen LogP) is 17.2. The lowest BCUT2D eigenvalue weighted by molar-refractivity contribution is -0.302. The molecule has 0 aromatic heterocycles. The topological polar surface area (TPSA) is 149 Å². The van der Waals surface area contributed by atoms with Crippen molar-refractivity contribution < 1.29 is 39.8 Å². The Labute approximate surface area is 474 Å². The molecule has 1 fully saturated rings. The maximum absolute atomic E-state index is 13.1. The van der Waals surface area contributed by atoms with Gasteiger partial charge in [0, 0.05) is 6.42 Å². The molecule has 7 unspecified atom stereocenters. The molecule has 0 bridgehead atoms. The number of hydrogen-bond acceptors (Lipinski definition) is 8. The van der Waals surface area contributed by atoms with Gasteiger partial charge in [-0.15, -0.1) is 0 Å². The van der Waals surface area contributed by atoms with Crippen LogP contribution in [0.25, 0.3) is 0 Å². The van der Waals surface area contributed by atoms with Gasteiger partial charge in [0.15, 0.2) is 6.29 Å². The van der Waals surface area contributed by atoms with Crippen LogP contribution in [0.1, 0.15) is 296 Å². The molecule has 6 N–H and O–H groups in total. The summed E-state index contributed by atoms with van der Waals surface area (Å²) in [6.07, 6.45) is 72.4. The van der Waals surface area contributed by atoms with Crippen LogP contribution in [0.5, 0.6) is 0 Å². The van der Waals surface area contributed by atoms with Crippen molar-refractivity contribution in [3.8, 4) is 0 Å². The minimum absolute atomic E-state index is 0.152. The molecule has 448 valence electrons. The van der Waals surface area contributed by atoms with Gasteiger partial charge >= 0.3 is 0 Å². The molecule has 9 heteroatoms. The Morgan fingerprint density at radius 1 is 0.455 bits per heavy atom. The van der Waals surface area contributed by atoms with Gasteiger partial charge in [-0.3, -0.25) is 4.79 Å². The first kappa shape index (κ1) is 72.6. The minimum Gasteiger partial charge on any atom is -0.394 e. The summed E-state index contributed by atoms with van der Waals surface area (Å²) in [5.74, 6) is -0.167. The van der Waals surface area contributed by atoms with Crippen LogP contribution in [0.2, 0.25) is 0 Å². The van der Waals surface area contributed by atoms with Crippen LogP contribution in [-0.2, 0) is 14.3 Å². The second-order valence-electron chi connectivity index (χ2n) is 22.5. The SMILES string of the molecule is CC/C=C\C/C=C\C/C=C\C/C=C\C/C=C\C/C=C\CCCCCCC(=O)NC(COC1OC(CO)C(O)C(O)C1O)C(O)CCCCCCCCCCCCCCCCCCCCCCCCCCCCCCCCC. The molecule has 1 aliphatic rings. The molecular weight excluding hydrogens is 959 g/mol. The molecule has 0 aliphatic carbocycles. The quantitative estimate of drug-likeness (QED) is 0.0261. The molecule has 1 aliphatic heterocycles. The number of ether oxygens (including phenoxy) is 2. The molecular formula is C68H123NO8. The summed E-state index contributed by atoms with van der Waals surface area (Å²) in [5, 5.41) is 54.8. The third-order valence-electron chi connectivity index (χ3n) is 15.3. The molecule has 0 aromatic rings. The van der Waals surface area contributed by atoms with Crippen LogP contribution >= 0.6 is 0 Å². The Morgan fingerprint density at radius 3 is 1.19 bits per heavy atom. The predicted molar refractivity (Wildman–Crippen MR) is 327 cm³/mol. The van der Waals surface area contributed by atoms with Crippen LogP contribution in [0.4, 0.5) is 0 Å². The van der Waals surface area contributed by atoms with E-state index in [1.54, 1.807) is 0 Å². The number of aliphatic hydroxyl groups excluding tert-OH is 5. The van der Waals surface area contributed by atoms with E-state index in [1.165, 1.54) is 180 Å². The fourth-order valence-corrected chi connectivity index (χ4v) is 10.2. The summed E-state index contributed by atoms with van der Waals surface area (Å²) >= 11 is 0. The second kappa shape index (κ2) is 56.9. The van der Waals surface area contributed by atoms with Gasteiger partial charge in [0.1, 0.15) is 24.4 Å². The van der Waals surface area contributed by atoms with Gasteiger partial charge in [0.2, 0.25) is 5.91 Å². The molecule has 9 nitrogen and oxygen atoms in total. The Kier molecular flexibility index (Phi) is 53.7. The highest BCUT2D eigenvalue weighted by molar-refractivity contribution is 5.76. The summed E-state index contributed by atoms with van der Waals surface area (Å²) < 4.78 is 11.3. The minimum atomic E-state index is -1.56. The van der Waals surface area contributed by atoms with Crippen molar-refractivity contribution in [3.63, 3.8) is 0 Å². The van der Waals surface area contributed by atoms with Crippen molar-refractivity contribution in [2.75, 3.05) is 13.2 Å². The monoisotopic (exact) mass is 1080 g/mol. The molecule has 1 amide bonds. The van der Waals surface area contributed by atoms with Crippen molar-refractivity contribution in [2.45, 2.75) is 339 Å². The van der Waals surface area contributed by atoms with Gasteiger partial charge in [0.25, 0.3) is 0 Å². The molecule has 7 atom stereocenters. The lowest BCUT2D eigenvalue weighted by Gasteiger charge is -2.40. The van der Waals surface area contributed by atoms with Crippen LogP contribution in [-0.4, -0.2) is 87.5 Å².